The van der Waals surface area contributed by atoms with Crippen LogP contribution in [0.3, 0.4) is 0 Å². The zero-order valence-electron chi connectivity index (χ0n) is 12.7. The zero-order chi connectivity index (χ0) is 16.2. The smallest absolute Gasteiger partial charge is 0.245 e. The summed E-state index contributed by atoms with van der Waals surface area (Å²) >= 11 is 1.57. The first kappa shape index (κ1) is 15.4. The summed E-state index contributed by atoms with van der Waals surface area (Å²) in [6, 6.07) is 11.4. The third-order valence-corrected chi connectivity index (χ3v) is 4.78. The number of thiophene rings is 1. The number of rotatable bonds is 4. The first-order chi connectivity index (χ1) is 11.1. The van der Waals surface area contributed by atoms with Gasteiger partial charge in [0.05, 0.1) is 12.1 Å². The molecule has 1 aromatic carbocycles. The Hall–Kier alpha value is -2.47. The normalized spacial score (nSPS) is 17.9. The third kappa shape index (κ3) is 3.48. The second kappa shape index (κ2) is 6.75. The number of hydrogen-bond donors (Lipinski definition) is 1. The SMILES string of the molecule is Cc1ccsc1/C=N\NC(=O)[C@@H]1CC(=O)N(c2ccccc2)C1. The predicted octanol–water partition coefficient (Wildman–Crippen LogP) is 2.56. The lowest BCUT2D eigenvalue weighted by atomic mass is 10.1. The second-order valence-corrected chi connectivity index (χ2v) is 6.39. The van der Waals surface area contributed by atoms with Crippen molar-refractivity contribution in [3.8, 4) is 0 Å². The highest BCUT2D eigenvalue weighted by atomic mass is 32.1. The molecule has 0 bridgehead atoms. The Kier molecular flexibility index (Phi) is 4.52. The standard InChI is InChI=1S/C17H17N3O2S/c1-12-7-8-23-15(12)10-18-19-17(22)13-9-16(21)20(11-13)14-5-3-2-4-6-14/h2-8,10,13H,9,11H2,1H3,(H,19,22)/b18-10-/t13-/m1/s1. The Morgan fingerprint density at radius 1 is 1.35 bits per heavy atom. The summed E-state index contributed by atoms with van der Waals surface area (Å²) in [7, 11) is 0. The fourth-order valence-electron chi connectivity index (χ4n) is 2.50. The van der Waals surface area contributed by atoms with Crippen LogP contribution in [0.1, 0.15) is 16.9 Å². The summed E-state index contributed by atoms with van der Waals surface area (Å²) in [4.78, 5) is 26.9. The maximum atomic E-state index is 12.2. The zero-order valence-corrected chi connectivity index (χ0v) is 13.5. The van der Waals surface area contributed by atoms with Crippen LogP contribution in [0.15, 0.2) is 46.9 Å². The fourth-order valence-corrected chi connectivity index (χ4v) is 3.29. The minimum absolute atomic E-state index is 0.0329. The molecule has 0 unspecified atom stereocenters. The van der Waals surface area contributed by atoms with Crippen molar-refractivity contribution >= 4 is 35.1 Å². The van der Waals surface area contributed by atoms with Crippen LogP contribution < -0.4 is 10.3 Å². The molecule has 0 aliphatic carbocycles. The van der Waals surface area contributed by atoms with E-state index >= 15 is 0 Å². The molecule has 2 aromatic rings. The van der Waals surface area contributed by atoms with Crippen molar-refractivity contribution in [3.05, 3.63) is 52.2 Å². The van der Waals surface area contributed by atoms with Gasteiger partial charge in [0.2, 0.25) is 11.8 Å². The number of aryl methyl sites for hydroxylation is 1. The lowest BCUT2D eigenvalue weighted by Gasteiger charge is -2.16. The molecule has 1 atom stereocenters. The minimum atomic E-state index is -0.371. The summed E-state index contributed by atoms with van der Waals surface area (Å²) in [5.41, 5.74) is 4.49. The van der Waals surface area contributed by atoms with Gasteiger partial charge >= 0.3 is 0 Å². The fraction of sp³-hybridized carbons (Fsp3) is 0.235. The molecule has 0 spiro atoms. The van der Waals surface area contributed by atoms with Gasteiger partial charge in [0.25, 0.3) is 0 Å². The van der Waals surface area contributed by atoms with Crippen molar-refractivity contribution in [2.45, 2.75) is 13.3 Å². The van der Waals surface area contributed by atoms with Crippen LogP contribution in [0.4, 0.5) is 5.69 Å². The van der Waals surface area contributed by atoms with Gasteiger partial charge in [0, 0.05) is 23.5 Å². The van der Waals surface area contributed by atoms with Gasteiger partial charge in [-0.1, -0.05) is 18.2 Å². The topological polar surface area (TPSA) is 61.8 Å². The highest BCUT2D eigenvalue weighted by Gasteiger charge is 2.34. The lowest BCUT2D eigenvalue weighted by molar-refractivity contribution is -0.126. The van der Waals surface area contributed by atoms with Crippen LogP contribution >= 0.6 is 11.3 Å². The predicted molar refractivity (Wildman–Crippen MR) is 91.7 cm³/mol. The van der Waals surface area contributed by atoms with E-state index in [1.165, 1.54) is 0 Å². The largest absolute Gasteiger partial charge is 0.312 e. The van der Waals surface area contributed by atoms with E-state index in [-0.39, 0.29) is 24.2 Å². The number of anilines is 1. The van der Waals surface area contributed by atoms with Gasteiger partial charge in [-0.3, -0.25) is 9.59 Å². The molecule has 6 heteroatoms. The van der Waals surface area contributed by atoms with E-state index in [1.54, 1.807) is 22.5 Å². The molecule has 0 radical (unpaired) electrons. The molecule has 1 aromatic heterocycles. The van der Waals surface area contributed by atoms with E-state index in [2.05, 4.69) is 10.5 Å². The number of amides is 2. The van der Waals surface area contributed by atoms with Crippen LogP contribution in [-0.4, -0.2) is 24.6 Å². The van der Waals surface area contributed by atoms with Gasteiger partial charge < -0.3 is 4.90 Å². The highest BCUT2D eigenvalue weighted by molar-refractivity contribution is 7.11. The average Bonchev–Trinajstić information content (AvgIpc) is 3.14. The monoisotopic (exact) mass is 327 g/mol. The Balaban J connectivity index is 1.60. The average molecular weight is 327 g/mol. The van der Waals surface area contributed by atoms with Gasteiger partial charge in [-0.05, 0) is 36.1 Å². The molecule has 1 saturated heterocycles. The first-order valence-electron chi connectivity index (χ1n) is 7.37. The van der Waals surface area contributed by atoms with Crippen molar-refractivity contribution in [1.29, 1.82) is 0 Å². The number of carbonyl (C=O) groups excluding carboxylic acids is 2. The Labute approximate surface area is 138 Å². The van der Waals surface area contributed by atoms with E-state index in [0.717, 1.165) is 16.1 Å². The molecule has 1 aliphatic heterocycles. The molecule has 5 nitrogen and oxygen atoms in total. The quantitative estimate of drug-likeness (QED) is 0.693. The molecular weight excluding hydrogens is 310 g/mol. The number of benzene rings is 1. The molecule has 0 saturated carbocycles. The number of nitrogens with one attached hydrogen (secondary N) is 1. The van der Waals surface area contributed by atoms with Crippen LogP contribution in [0.25, 0.3) is 0 Å². The Morgan fingerprint density at radius 2 is 2.13 bits per heavy atom. The molecule has 1 N–H and O–H groups in total. The maximum absolute atomic E-state index is 12.2. The second-order valence-electron chi connectivity index (χ2n) is 5.44. The Bertz CT molecular complexity index is 739. The first-order valence-corrected chi connectivity index (χ1v) is 8.25. The summed E-state index contributed by atoms with van der Waals surface area (Å²) in [6.45, 7) is 2.38. The van der Waals surface area contributed by atoms with E-state index in [9.17, 15) is 9.59 Å². The summed E-state index contributed by atoms with van der Waals surface area (Å²) in [5, 5.41) is 5.98. The molecule has 1 fully saturated rings. The number of carbonyl (C=O) groups is 2. The minimum Gasteiger partial charge on any atom is -0.312 e. The third-order valence-electron chi connectivity index (χ3n) is 3.82. The van der Waals surface area contributed by atoms with Gasteiger partial charge in [-0.2, -0.15) is 5.10 Å². The molecule has 2 heterocycles. The molecule has 3 rings (SSSR count). The van der Waals surface area contributed by atoms with Crippen LogP contribution in [0, 0.1) is 12.8 Å². The van der Waals surface area contributed by atoms with Crippen molar-refractivity contribution in [2.75, 3.05) is 11.4 Å². The van der Waals surface area contributed by atoms with Gasteiger partial charge in [0.1, 0.15) is 0 Å². The number of hydrogen-bond acceptors (Lipinski definition) is 4. The lowest BCUT2D eigenvalue weighted by Crippen LogP contribution is -2.30. The van der Waals surface area contributed by atoms with Crippen LogP contribution in [-0.2, 0) is 9.59 Å². The van der Waals surface area contributed by atoms with Crippen molar-refractivity contribution in [2.24, 2.45) is 11.0 Å². The number of para-hydroxylation sites is 1. The maximum Gasteiger partial charge on any atom is 0.245 e. The number of hydrazone groups is 1. The Morgan fingerprint density at radius 3 is 2.83 bits per heavy atom. The van der Waals surface area contributed by atoms with E-state index in [4.69, 9.17) is 0 Å². The molecule has 23 heavy (non-hydrogen) atoms. The van der Waals surface area contributed by atoms with Gasteiger partial charge in [0.15, 0.2) is 0 Å². The highest BCUT2D eigenvalue weighted by Crippen LogP contribution is 2.24. The van der Waals surface area contributed by atoms with Gasteiger partial charge in [-0.15, -0.1) is 11.3 Å². The summed E-state index contributed by atoms with van der Waals surface area (Å²) in [5.74, 6) is -0.624. The molecular formula is C17H17N3O2S. The molecule has 1 aliphatic rings. The summed E-state index contributed by atoms with van der Waals surface area (Å²) < 4.78 is 0. The van der Waals surface area contributed by atoms with Crippen molar-refractivity contribution in [3.63, 3.8) is 0 Å². The van der Waals surface area contributed by atoms with Crippen molar-refractivity contribution < 1.29 is 9.59 Å². The van der Waals surface area contributed by atoms with E-state index < -0.39 is 0 Å². The molecule has 2 amide bonds. The van der Waals surface area contributed by atoms with E-state index in [1.807, 2.05) is 48.7 Å². The van der Waals surface area contributed by atoms with Crippen LogP contribution in [0.2, 0.25) is 0 Å². The summed E-state index contributed by atoms with van der Waals surface area (Å²) in [6.07, 6.45) is 1.86. The molecule has 118 valence electrons. The van der Waals surface area contributed by atoms with Gasteiger partial charge in [-0.25, -0.2) is 5.43 Å². The van der Waals surface area contributed by atoms with Crippen LogP contribution in [0.5, 0.6) is 0 Å². The number of nitrogens with zero attached hydrogens (tertiary/aromatic N) is 2. The van der Waals surface area contributed by atoms with Crippen molar-refractivity contribution in [1.82, 2.24) is 5.43 Å². The van der Waals surface area contributed by atoms with E-state index in [0.29, 0.717) is 6.54 Å².